The Bertz CT molecular complexity index is 302. The molecule has 16 heavy (non-hydrogen) atoms. The molecule has 2 heteroatoms. The van der Waals surface area contributed by atoms with Gasteiger partial charge in [-0.1, -0.05) is 45.3 Å². The highest BCUT2D eigenvalue weighted by molar-refractivity contribution is 6.32. The predicted molar refractivity (Wildman–Crippen MR) is 77.8 cm³/mol. The fraction of sp³-hybridized carbons (Fsp3) is 0.500. The predicted octanol–water partition coefficient (Wildman–Crippen LogP) is 3.49. The Hall–Kier alpha value is -1.05. The van der Waals surface area contributed by atoms with Crippen LogP contribution in [0.1, 0.15) is 40.0 Å². The molecule has 0 aliphatic rings. The van der Waals surface area contributed by atoms with Crippen molar-refractivity contribution in [1.29, 1.82) is 0 Å². The van der Waals surface area contributed by atoms with E-state index < -0.39 is 0 Å². The lowest BCUT2D eigenvalue weighted by molar-refractivity contribution is 0.344. The highest BCUT2D eigenvalue weighted by Crippen LogP contribution is 2.36. The Morgan fingerprint density at radius 2 is 2.06 bits per heavy atom. The van der Waals surface area contributed by atoms with Gasteiger partial charge in [-0.3, -0.25) is 4.99 Å². The van der Waals surface area contributed by atoms with E-state index in [0.29, 0.717) is 0 Å². The van der Waals surface area contributed by atoms with Gasteiger partial charge in [-0.15, -0.1) is 6.58 Å². The summed E-state index contributed by atoms with van der Waals surface area (Å²) in [5.41, 5.74) is 2.23. The molecule has 0 aliphatic carbocycles. The van der Waals surface area contributed by atoms with E-state index in [1.807, 2.05) is 26.2 Å². The maximum atomic E-state index is 4.54. The molecular weight excluding hydrogens is 193 g/mol. The number of allylic oxidation sites excluding steroid dienone is 4. The third-order valence-corrected chi connectivity index (χ3v) is 2.90. The molecule has 1 unspecified atom stereocenters. The fourth-order valence-electron chi connectivity index (χ4n) is 1.73. The summed E-state index contributed by atoms with van der Waals surface area (Å²) < 4.78 is 0. The van der Waals surface area contributed by atoms with E-state index in [0.717, 1.165) is 24.0 Å². The summed E-state index contributed by atoms with van der Waals surface area (Å²) in [6.45, 7) is 14.3. The minimum atomic E-state index is 0.148. The molecule has 0 aromatic heterocycles. The molecule has 88 valence electrons. The first-order valence-corrected chi connectivity index (χ1v) is 6.03. The average molecular weight is 217 g/mol. The maximum absolute atomic E-state index is 4.54. The number of hydrogen-bond donors (Lipinski definition) is 0. The molecule has 0 rings (SSSR count). The van der Waals surface area contributed by atoms with E-state index in [1.54, 1.807) is 0 Å². The zero-order valence-corrected chi connectivity index (χ0v) is 11.2. The minimum Gasteiger partial charge on any atom is -0.261 e. The zero-order chi connectivity index (χ0) is 12.6. The van der Waals surface area contributed by atoms with Gasteiger partial charge in [0.1, 0.15) is 7.85 Å². The van der Waals surface area contributed by atoms with Crippen LogP contribution in [0.2, 0.25) is 0 Å². The molecule has 0 spiro atoms. The lowest BCUT2D eigenvalue weighted by Crippen LogP contribution is -2.17. The van der Waals surface area contributed by atoms with Gasteiger partial charge in [0.15, 0.2) is 0 Å². The van der Waals surface area contributed by atoms with Crippen LogP contribution in [0.4, 0.5) is 0 Å². The number of aliphatic imine (C=N–C) groups is 1. The van der Waals surface area contributed by atoms with E-state index in [1.165, 1.54) is 6.42 Å². The molecule has 0 N–H and O–H groups in total. The Morgan fingerprint density at radius 1 is 1.44 bits per heavy atom. The van der Waals surface area contributed by atoms with Crippen LogP contribution in [-0.4, -0.2) is 14.1 Å². The van der Waals surface area contributed by atoms with E-state index in [-0.39, 0.29) is 5.41 Å². The van der Waals surface area contributed by atoms with Gasteiger partial charge in [-0.25, -0.2) is 0 Å². The van der Waals surface area contributed by atoms with Gasteiger partial charge in [-0.05, 0) is 18.9 Å². The van der Waals surface area contributed by atoms with Gasteiger partial charge in [0, 0.05) is 17.3 Å². The lowest BCUT2D eigenvalue weighted by atomic mass is 9.79. The van der Waals surface area contributed by atoms with Crippen molar-refractivity contribution in [3.63, 3.8) is 0 Å². The van der Waals surface area contributed by atoms with Crippen LogP contribution in [0.3, 0.4) is 0 Å². The van der Waals surface area contributed by atoms with Crippen molar-refractivity contribution in [2.75, 3.05) is 0 Å². The van der Waals surface area contributed by atoms with Crippen molar-refractivity contribution >= 4 is 14.1 Å². The van der Waals surface area contributed by atoms with Gasteiger partial charge in [0.25, 0.3) is 0 Å². The van der Waals surface area contributed by atoms with Crippen LogP contribution in [-0.2, 0) is 0 Å². The monoisotopic (exact) mass is 217 g/mol. The molecule has 0 aromatic rings. The molecule has 0 fully saturated rings. The zero-order valence-electron chi connectivity index (χ0n) is 11.2. The second-order valence-electron chi connectivity index (χ2n) is 4.56. The van der Waals surface area contributed by atoms with Crippen molar-refractivity contribution in [2.45, 2.75) is 40.0 Å². The maximum Gasteiger partial charge on any atom is 0.140 e. The first-order chi connectivity index (χ1) is 7.50. The fourth-order valence-corrected chi connectivity index (χ4v) is 1.73. The largest absolute Gasteiger partial charge is 0.261 e. The smallest absolute Gasteiger partial charge is 0.140 e. The number of nitrogens with zero attached hydrogens (tertiary/aromatic N) is 1. The van der Waals surface area contributed by atoms with Crippen molar-refractivity contribution in [1.82, 2.24) is 0 Å². The second-order valence-corrected chi connectivity index (χ2v) is 4.56. The Labute approximate surface area is 101 Å². The summed E-state index contributed by atoms with van der Waals surface area (Å²) >= 11 is 0. The van der Waals surface area contributed by atoms with E-state index in [4.69, 9.17) is 0 Å². The molecule has 0 radical (unpaired) electrons. The van der Waals surface area contributed by atoms with Crippen LogP contribution in [0.5, 0.6) is 0 Å². The number of hydrogen-bond acceptors (Lipinski definition) is 1. The first-order valence-electron chi connectivity index (χ1n) is 6.03. The third kappa shape index (κ3) is 4.65. The van der Waals surface area contributed by atoms with Crippen molar-refractivity contribution in [2.24, 2.45) is 10.4 Å². The average Bonchev–Trinajstić information content (AvgIpc) is 2.24. The van der Waals surface area contributed by atoms with Gasteiger partial charge in [0.2, 0.25) is 0 Å². The van der Waals surface area contributed by atoms with E-state index in [9.17, 15) is 0 Å². The SMILES string of the molecule is BC(=C)/C=N\C(=C/C=C)C(C)(CC)CCC. The third-order valence-electron chi connectivity index (χ3n) is 2.90. The van der Waals surface area contributed by atoms with E-state index in [2.05, 4.69) is 38.9 Å². The highest BCUT2D eigenvalue weighted by atomic mass is 14.8. The van der Waals surface area contributed by atoms with Crippen LogP contribution in [0.15, 0.2) is 41.5 Å². The summed E-state index contributed by atoms with van der Waals surface area (Å²) in [5, 5.41) is 0. The topological polar surface area (TPSA) is 12.4 Å². The molecule has 0 amide bonds. The molecular formula is C14H24BN. The van der Waals surface area contributed by atoms with Crippen molar-refractivity contribution in [3.8, 4) is 0 Å². The summed E-state index contributed by atoms with van der Waals surface area (Å²) in [7, 11) is 1.96. The molecule has 0 heterocycles. The Balaban J connectivity index is 5.09. The van der Waals surface area contributed by atoms with Crippen molar-refractivity contribution in [3.05, 3.63) is 36.5 Å². The second kappa shape index (κ2) is 7.26. The molecule has 1 nitrogen and oxygen atoms in total. The minimum absolute atomic E-state index is 0.148. The summed E-state index contributed by atoms with van der Waals surface area (Å²) in [4.78, 5) is 4.54. The van der Waals surface area contributed by atoms with Gasteiger partial charge >= 0.3 is 0 Å². The van der Waals surface area contributed by atoms with Crippen LogP contribution in [0.25, 0.3) is 0 Å². The van der Waals surface area contributed by atoms with Gasteiger partial charge < -0.3 is 0 Å². The highest BCUT2D eigenvalue weighted by Gasteiger charge is 2.25. The molecule has 0 saturated heterocycles. The molecule has 0 saturated carbocycles. The lowest BCUT2D eigenvalue weighted by Gasteiger charge is -2.28. The first kappa shape index (κ1) is 15.0. The quantitative estimate of drug-likeness (QED) is 0.351. The van der Waals surface area contributed by atoms with Crippen LogP contribution >= 0.6 is 0 Å². The standard InChI is InChI=1S/C14H24BN/c1-6-9-13(16-11-12(4)15)14(5,8-3)10-7-2/h6,9,11H,1,4,7-8,10,15H2,2-3,5H3/b13-9-,16-11-. The van der Waals surface area contributed by atoms with Gasteiger partial charge in [-0.2, -0.15) is 0 Å². The van der Waals surface area contributed by atoms with Gasteiger partial charge in [0.05, 0.1) is 0 Å². The Morgan fingerprint density at radius 3 is 2.44 bits per heavy atom. The van der Waals surface area contributed by atoms with Crippen LogP contribution in [0, 0.1) is 5.41 Å². The van der Waals surface area contributed by atoms with Crippen LogP contribution < -0.4 is 0 Å². The molecule has 0 aromatic carbocycles. The summed E-state index contributed by atoms with van der Waals surface area (Å²) in [6.07, 6.45) is 9.07. The molecule has 1 atom stereocenters. The molecule has 0 aliphatic heterocycles. The normalized spacial score (nSPS) is 16.1. The molecule has 0 bridgehead atoms. The summed E-state index contributed by atoms with van der Waals surface area (Å²) in [5.74, 6) is 0. The summed E-state index contributed by atoms with van der Waals surface area (Å²) in [6, 6.07) is 0. The Kier molecular flexibility index (Phi) is 6.79. The van der Waals surface area contributed by atoms with E-state index >= 15 is 0 Å². The number of rotatable bonds is 7. The van der Waals surface area contributed by atoms with Crippen molar-refractivity contribution < 1.29 is 0 Å².